The van der Waals surface area contributed by atoms with Crippen molar-refractivity contribution in [2.75, 3.05) is 40.5 Å². The van der Waals surface area contributed by atoms with Crippen molar-refractivity contribution in [2.24, 2.45) is 0 Å². The monoisotopic (exact) mass is 402 g/mol. The van der Waals surface area contributed by atoms with Crippen LogP contribution in [0, 0.1) is 0 Å². The van der Waals surface area contributed by atoms with Gasteiger partial charge in [0.1, 0.15) is 11.4 Å². The maximum absolute atomic E-state index is 12.5. The molecule has 0 spiro atoms. The fraction of sp³-hybridized carbons (Fsp3) is 0.625. The van der Waals surface area contributed by atoms with E-state index in [1.807, 2.05) is 0 Å². The van der Waals surface area contributed by atoms with Gasteiger partial charge in [0, 0.05) is 14.1 Å². The van der Waals surface area contributed by atoms with Crippen LogP contribution in [-0.4, -0.2) is 127 Å². The molecule has 0 saturated heterocycles. The quantitative estimate of drug-likeness (QED) is 0.225. The lowest BCUT2D eigenvalue weighted by atomic mass is 10.1. The molecular weight excluding hydrogens is 376 g/mol. The number of likely N-dealkylation sites (N-methyl/N-ethyl adjacent to an activating group) is 2. The Hall–Kier alpha value is -2.22. The van der Waals surface area contributed by atoms with Crippen LogP contribution in [0.1, 0.15) is 21.0 Å². The highest BCUT2D eigenvalue weighted by atomic mass is 16.3. The first-order valence-corrected chi connectivity index (χ1v) is 8.39. The Labute approximate surface area is 161 Å². The summed E-state index contributed by atoms with van der Waals surface area (Å²) in [5, 5.41) is 56.1. The third kappa shape index (κ3) is 5.41. The molecule has 2 amide bonds. The molecule has 28 heavy (non-hydrogen) atoms. The van der Waals surface area contributed by atoms with E-state index in [1.165, 1.54) is 14.1 Å². The van der Waals surface area contributed by atoms with Crippen molar-refractivity contribution in [3.05, 3.63) is 23.8 Å². The second-order valence-electron chi connectivity index (χ2n) is 6.12. The van der Waals surface area contributed by atoms with E-state index in [-0.39, 0.29) is 11.4 Å². The highest BCUT2D eigenvalue weighted by molar-refractivity contribution is 5.96. The van der Waals surface area contributed by atoms with Crippen molar-refractivity contribution < 1.29 is 40.2 Å². The number of aliphatic hydroxyl groups is 6. The third-order valence-corrected chi connectivity index (χ3v) is 4.34. The van der Waals surface area contributed by atoms with Crippen LogP contribution in [0.3, 0.4) is 0 Å². The molecule has 0 saturated carbocycles. The number of carbonyl (C=O) groups is 2. The standard InChI is InChI=1S/C16H26N4O8/c1-19(11(5-21)13(25)7-23)15(27)9-3-17-4-10(18-9)16(28)20(2)12(6-22)14(26)8-24/h3-4,11-14,21-26H,5-8H2,1-2H3. The molecule has 4 atom stereocenters. The summed E-state index contributed by atoms with van der Waals surface area (Å²) in [6.07, 6.45) is -0.593. The van der Waals surface area contributed by atoms with Crippen LogP contribution in [0.15, 0.2) is 12.4 Å². The summed E-state index contributed by atoms with van der Waals surface area (Å²) >= 11 is 0. The Morgan fingerprint density at radius 1 is 0.821 bits per heavy atom. The van der Waals surface area contributed by atoms with Gasteiger partial charge in [0.15, 0.2) is 0 Å². The van der Waals surface area contributed by atoms with Crippen LogP contribution in [0.5, 0.6) is 0 Å². The van der Waals surface area contributed by atoms with Crippen LogP contribution in [0.4, 0.5) is 0 Å². The number of rotatable bonds is 10. The fourth-order valence-corrected chi connectivity index (χ4v) is 2.48. The Morgan fingerprint density at radius 3 is 1.46 bits per heavy atom. The lowest BCUT2D eigenvalue weighted by Gasteiger charge is -2.30. The molecule has 0 fully saturated rings. The van der Waals surface area contributed by atoms with Gasteiger partial charge in [-0.1, -0.05) is 0 Å². The van der Waals surface area contributed by atoms with Crippen LogP contribution in [-0.2, 0) is 0 Å². The molecule has 12 nitrogen and oxygen atoms in total. The van der Waals surface area contributed by atoms with Crippen molar-refractivity contribution in [3.63, 3.8) is 0 Å². The predicted molar refractivity (Wildman–Crippen MR) is 94.2 cm³/mol. The van der Waals surface area contributed by atoms with Gasteiger partial charge in [-0.3, -0.25) is 14.6 Å². The zero-order valence-electron chi connectivity index (χ0n) is 15.6. The summed E-state index contributed by atoms with van der Waals surface area (Å²) in [6, 6.07) is -2.19. The highest BCUT2D eigenvalue weighted by Gasteiger charge is 2.30. The first-order chi connectivity index (χ1) is 13.2. The number of hydrogen-bond acceptors (Lipinski definition) is 10. The maximum atomic E-state index is 12.5. The summed E-state index contributed by atoms with van der Waals surface area (Å²) in [5.74, 6) is -1.52. The number of aliphatic hydroxyl groups excluding tert-OH is 6. The minimum atomic E-state index is -1.38. The van der Waals surface area contributed by atoms with Gasteiger partial charge < -0.3 is 40.4 Å². The molecule has 0 aromatic carbocycles. The lowest BCUT2D eigenvalue weighted by molar-refractivity contribution is -0.00147. The molecular formula is C16H26N4O8. The topological polar surface area (TPSA) is 188 Å². The van der Waals surface area contributed by atoms with Crippen molar-refractivity contribution in [3.8, 4) is 0 Å². The minimum Gasteiger partial charge on any atom is -0.394 e. The molecule has 6 N–H and O–H groups in total. The molecule has 4 unspecified atom stereocenters. The first-order valence-electron chi connectivity index (χ1n) is 8.39. The summed E-state index contributed by atoms with van der Waals surface area (Å²) < 4.78 is 0. The molecule has 12 heteroatoms. The summed E-state index contributed by atoms with van der Waals surface area (Å²) in [5.41, 5.74) is -0.512. The van der Waals surface area contributed by atoms with E-state index in [1.54, 1.807) is 0 Å². The molecule has 158 valence electrons. The molecule has 0 aliphatic heterocycles. The molecule has 1 rings (SSSR count). The molecule has 0 radical (unpaired) electrons. The second-order valence-corrected chi connectivity index (χ2v) is 6.12. The SMILES string of the molecule is CN(C(=O)c1cncc(C(=O)N(C)C(CO)C(O)CO)n1)C(CO)C(O)CO. The van der Waals surface area contributed by atoms with Gasteiger partial charge in [0.25, 0.3) is 11.8 Å². The van der Waals surface area contributed by atoms with Crippen molar-refractivity contribution in [1.82, 2.24) is 19.8 Å². The molecule has 1 aromatic heterocycles. The smallest absolute Gasteiger partial charge is 0.274 e. The Bertz CT molecular complexity index is 610. The molecule has 1 heterocycles. The Kier molecular flexibility index (Phi) is 9.31. The van der Waals surface area contributed by atoms with Crippen LogP contribution in [0.2, 0.25) is 0 Å². The van der Waals surface area contributed by atoms with Crippen LogP contribution in [0.25, 0.3) is 0 Å². The summed E-state index contributed by atoms with van der Waals surface area (Å²) in [6.45, 7) is -2.58. The fourth-order valence-electron chi connectivity index (χ4n) is 2.48. The van der Waals surface area contributed by atoms with Gasteiger partial charge in [-0.25, -0.2) is 4.98 Å². The van der Waals surface area contributed by atoms with E-state index < -0.39 is 62.5 Å². The van der Waals surface area contributed by atoms with Gasteiger partial charge in [-0.2, -0.15) is 0 Å². The maximum Gasteiger partial charge on any atom is 0.274 e. The van der Waals surface area contributed by atoms with Gasteiger partial charge >= 0.3 is 0 Å². The third-order valence-electron chi connectivity index (χ3n) is 4.34. The lowest BCUT2D eigenvalue weighted by Crippen LogP contribution is -2.49. The van der Waals surface area contributed by atoms with E-state index in [0.29, 0.717) is 0 Å². The predicted octanol–water partition coefficient (Wildman–Crippen LogP) is -3.95. The number of hydrogen-bond donors (Lipinski definition) is 6. The van der Waals surface area contributed by atoms with E-state index in [4.69, 9.17) is 10.2 Å². The number of carbonyl (C=O) groups excluding carboxylic acids is 2. The molecule has 0 aliphatic carbocycles. The van der Waals surface area contributed by atoms with Crippen molar-refractivity contribution >= 4 is 11.8 Å². The van der Waals surface area contributed by atoms with Gasteiger partial charge in [0.05, 0.1) is 63.1 Å². The van der Waals surface area contributed by atoms with Crippen LogP contribution >= 0.6 is 0 Å². The first kappa shape index (κ1) is 23.8. The minimum absolute atomic E-state index is 0.256. The molecule has 0 aliphatic rings. The normalized spacial score (nSPS) is 15.4. The second kappa shape index (κ2) is 10.9. The molecule has 0 bridgehead atoms. The highest BCUT2D eigenvalue weighted by Crippen LogP contribution is 2.11. The van der Waals surface area contributed by atoms with Gasteiger partial charge in [-0.05, 0) is 0 Å². The summed E-state index contributed by atoms with van der Waals surface area (Å²) in [4.78, 5) is 34.7. The van der Waals surface area contributed by atoms with Crippen molar-refractivity contribution in [1.29, 1.82) is 0 Å². The van der Waals surface area contributed by atoms with E-state index in [0.717, 1.165) is 22.2 Å². The van der Waals surface area contributed by atoms with E-state index in [2.05, 4.69) is 9.97 Å². The average Bonchev–Trinajstić information content (AvgIpc) is 2.72. The van der Waals surface area contributed by atoms with E-state index in [9.17, 15) is 30.0 Å². The van der Waals surface area contributed by atoms with Crippen molar-refractivity contribution in [2.45, 2.75) is 24.3 Å². The molecule has 1 aromatic rings. The Balaban J connectivity index is 3.08. The van der Waals surface area contributed by atoms with E-state index >= 15 is 0 Å². The van der Waals surface area contributed by atoms with Gasteiger partial charge in [0.2, 0.25) is 0 Å². The number of nitrogens with zero attached hydrogens (tertiary/aromatic N) is 4. The summed E-state index contributed by atoms with van der Waals surface area (Å²) in [7, 11) is 2.56. The largest absolute Gasteiger partial charge is 0.394 e. The zero-order chi connectivity index (χ0) is 21.4. The van der Waals surface area contributed by atoms with Gasteiger partial charge in [-0.15, -0.1) is 0 Å². The number of amides is 2. The van der Waals surface area contributed by atoms with Crippen LogP contribution < -0.4 is 0 Å². The average molecular weight is 402 g/mol. The Morgan fingerprint density at radius 2 is 1.18 bits per heavy atom. The number of aromatic nitrogens is 2. The zero-order valence-corrected chi connectivity index (χ0v) is 15.6.